The molecule has 0 N–H and O–H groups in total. The van der Waals surface area contributed by atoms with Crippen LogP contribution in [0.3, 0.4) is 0 Å². The Hall–Kier alpha value is -1.59. The predicted molar refractivity (Wildman–Crippen MR) is 58.5 cm³/mol. The Bertz CT molecular complexity index is 647. The fourth-order valence-corrected chi connectivity index (χ4v) is 1.89. The lowest BCUT2D eigenvalue weighted by Crippen LogP contribution is -1.93. The van der Waals surface area contributed by atoms with Crippen molar-refractivity contribution in [1.82, 2.24) is 19.6 Å². The van der Waals surface area contributed by atoms with Gasteiger partial charge >= 0.3 is 0 Å². The number of aromatic nitrogens is 4. The lowest BCUT2D eigenvalue weighted by molar-refractivity contribution is 0.576. The Balaban J connectivity index is 2.36. The van der Waals surface area contributed by atoms with Gasteiger partial charge in [-0.2, -0.15) is 0 Å². The van der Waals surface area contributed by atoms with Crippen LogP contribution in [-0.2, 0) is 0 Å². The minimum absolute atomic E-state index is 0.193. The van der Waals surface area contributed by atoms with Crippen LogP contribution in [0.1, 0.15) is 0 Å². The maximum Gasteiger partial charge on any atom is 0.211 e. The van der Waals surface area contributed by atoms with Crippen LogP contribution < -0.4 is 0 Å². The van der Waals surface area contributed by atoms with Gasteiger partial charge in [0, 0.05) is 6.07 Å². The van der Waals surface area contributed by atoms with E-state index in [4.69, 9.17) is 27.6 Å². The van der Waals surface area contributed by atoms with E-state index in [1.807, 2.05) is 0 Å². The van der Waals surface area contributed by atoms with Crippen molar-refractivity contribution >= 4 is 28.8 Å². The smallest absolute Gasteiger partial charge is 0.211 e. The Morgan fingerprint density at radius 3 is 2.88 bits per heavy atom. The molecule has 0 unspecified atom stereocenters. The molecule has 0 aliphatic carbocycles. The van der Waals surface area contributed by atoms with Crippen LogP contribution in [0.25, 0.3) is 17.2 Å². The fraction of sp³-hybridized carbons (Fsp3) is 0. The molecule has 3 aromatic heterocycles. The zero-order chi connectivity index (χ0) is 11.1. The summed E-state index contributed by atoms with van der Waals surface area (Å²) in [6.45, 7) is 0. The zero-order valence-corrected chi connectivity index (χ0v) is 9.27. The molecule has 0 amide bonds. The third-order valence-electron chi connectivity index (χ3n) is 2.06. The van der Waals surface area contributed by atoms with Crippen LogP contribution in [-0.4, -0.2) is 19.6 Å². The summed E-state index contributed by atoms with van der Waals surface area (Å²) in [5.74, 6) is 1.06. The lowest BCUT2D eigenvalue weighted by Gasteiger charge is -1.99. The van der Waals surface area contributed by atoms with Gasteiger partial charge in [-0.3, -0.25) is 0 Å². The average Bonchev–Trinajstić information content (AvgIpc) is 2.82. The molecule has 0 aliphatic rings. The van der Waals surface area contributed by atoms with Crippen molar-refractivity contribution in [2.75, 3.05) is 0 Å². The van der Waals surface area contributed by atoms with Crippen LogP contribution in [0, 0.1) is 0 Å². The highest BCUT2D eigenvalue weighted by atomic mass is 35.5. The molecule has 16 heavy (non-hydrogen) atoms. The van der Waals surface area contributed by atoms with Gasteiger partial charge in [-0.05, 0) is 23.7 Å². The van der Waals surface area contributed by atoms with Gasteiger partial charge in [0.05, 0.1) is 6.26 Å². The van der Waals surface area contributed by atoms with Crippen LogP contribution in [0.4, 0.5) is 0 Å². The van der Waals surface area contributed by atoms with Crippen LogP contribution in [0.15, 0.2) is 28.9 Å². The molecule has 0 spiro atoms. The molecule has 0 saturated heterocycles. The Labute approximate surface area is 99.6 Å². The summed E-state index contributed by atoms with van der Waals surface area (Å²) in [6.07, 6.45) is 1.55. The summed E-state index contributed by atoms with van der Waals surface area (Å²) in [5.41, 5.74) is 0.524. The predicted octanol–water partition coefficient (Wildman–Crippen LogP) is 2.69. The van der Waals surface area contributed by atoms with Gasteiger partial charge in [0.1, 0.15) is 5.15 Å². The Kier molecular flexibility index (Phi) is 2.08. The van der Waals surface area contributed by atoms with E-state index in [9.17, 15) is 0 Å². The number of nitrogens with zero attached hydrogens (tertiary/aromatic N) is 4. The lowest BCUT2D eigenvalue weighted by atomic mass is 10.4. The van der Waals surface area contributed by atoms with E-state index in [1.54, 1.807) is 28.9 Å². The van der Waals surface area contributed by atoms with Crippen molar-refractivity contribution in [1.29, 1.82) is 0 Å². The first-order valence-corrected chi connectivity index (χ1v) is 5.12. The maximum absolute atomic E-state index is 5.97. The van der Waals surface area contributed by atoms with Gasteiger partial charge in [0.15, 0.2) is 11.4 Å². The molecule has 3 aromatic rings. The van der Waals surface area contributed by atoms with Crippen molar-refractivity contribution in [3.63, 3.8) is 0 Å². The average molecular weight is 255 g/mol. The summed E-state index contributed by atoms with van der Waals surface area (Å²) in [4.78, 5) is 3.92. The topological polar surface area (TPSA) is 56.2 Å². The standard InChI is InChI=1S/C9H4Cl2N4O/c10-6-4-7-13-14-8(5-2-1-3-16-5)15(7)9(11)12-6/h1-4H. The first-order chi connectivity index (χ1) is 7.75. The highest BCUT2D eigenvalue weighted by Crippen LogP contribution is 2.23. The van der Waals surface area contributed by atoms with E-state index in [0.717, 1.165) is 0 Å². The highest BCUT2D eigenvalue weighted by Gasteiger charge is 2.14. The molecule has 80 valence electrons. The van der Waals surface area contributed by atoms with Crippen LogP contribution in [0.2, 0.25) is 10.4 Å². The van der Waals surface area contributed by atoms with Crippen molar-refractivity contribution in [2.24, 2.45) is 0 Å². The van der Waals surface area contributed by atoms with E-state index < -0.39 is 0 Å². The SMILES string of the molecule is Clc1cc2nnc(-c3ccco3)n2c(Cl)n1. The Morgan fingerprint density at radius 2 is 2.12 bits per heavy atom. The molecule has 0 aliphatic heterocycles. The molecule has 0 aromatic carbocycles. The minimum Gasteiger partial charge on any atom is -0.461 e. The first kappa shape index (κ1) is 9.62. The number of furan rings is 1. The molecular formula is C9H4Cl2N4O. The molecular weight excluding hydrogens is 251 g/mol. The van der Waals surface area contributed by atoms with E-state index in [-0.39, 0.29) is 10.4 Å². The zero-order valence-electron chi connectivity index (χ0n) is 7.76. The van der Waals surface area contributed by atoms with Crippen LogP contribution in [0.5, 0.6) is 0 Å². The molecule has 0 fully saturated rings. The number of halogens is 2. The third-order valence-corrected chi connectivity index (χ3v) is 2.51. The highest BCUT2D eigenvalue weighted by molar-refractivity contribution is 6.32. The molecule has 0 radical (unpaired) electrons. The fourth-order valence-electron chi connectivity index (χ4n) is 1.41. The first-order valence-electron chi connectivity index (χ1n) is 4.37. The molecule has 7 heteroatoms. The van der Waals surface area contributed by atoms with E-state index >= 15 is 0 Å². The normalized spacial score (nSPS) is 11.1. The molecule has 5 nitrogen and oxygen atoms in total. The van der Waals surface area contributed by atoms with E-state index in [2.05, 4.69) is 15.2 Å². The third kappa shape index (κ3) is 1.36. The molecule has 3 heterocycles. The molecule has 0 atom stereocenters. The van der Waals surface area contributed by atoms with Crippen LogP contribution >= 0.6 is 23.2 Å². The van der Waals surface area contributed by atoms with Gasteiger partial charge in [0.2, 0.25) is 11.1 Å². The number of fused-ring (bicyclic) bond motifs is 1. The second-order valence-electron chi connectivity index (χ2n) is 3.04. The second-order valence-corrected chi connectivity index (χ2v) is 3.77. The van der Waals surface area contributed by atoms with Crippen molar-refractivity contribution in [3.05, 3.63) is 34.9 Å². The minimum atomic E-state index is 0.193. The second kappa shape index (κ2) is 3.47. The largest absolute Gasteiger partial charge is 0.461 e. The van der Waals surface area contributed by atoms with Crippen molar-refractivity contribution < 1.29 is 4.42 Å². The number of hydrogen-bond donors (Lipinski definition) is 0. The maximum atomic E-state index is 5.97. The summed E-state index contributed by atoms with van der Waals surface area (Å²) < 4.78 is 6.79. The summed E-state index contributed by atoms with van der Waals surface area (Å²) in [6, 6.07) is 5.10. The summed E-state index contributed by atoms with van der Waals surface area (Å²) in [5, 5.41) is 8.38. The van der Waals surface area contributed by atoms with E-state index in [1.165, 1.54) is 0 Å². The quantitative estimate of drug-likeness (QED) is 0.495. The molecule has 3 rings (SSSR count). The van der Waals surface area contributed by atoms with Gasteiger partial charge < -0.3 is 4.42 Å². The van der Waals surface area contributed by atoms with E-state index in [0.29, 0.717) is 17.2 Å². The van der Waals surface area contributed by atoms with Crippen molar-refractivity contribution in [2.45, 2.75) is 0 Å². The Morgan fingerprint density at radius 1 is 1.25 bits per heavy atom. The summed E-state index contributed by atoms with van der Waals surface area (Å²) in [7, 11) is 0. The van der Waals surface area contributed by atoms with Gasteiger partial charge in [-0.25, -0.2) is 9.38 Å². The van der Waals surface area contributed by atoms with Gasteiger partial charge in [0.25, 0.3) is 0 Å². The number of rotatable bonds is 1. The van der Waals surface area contributed by atoms with Gasteiger partial charge in [-0.1, -0.05) is 11.6 Å². The monoisotopic (exact) mass is 254 g/mol. The number of hydrogen-bond acceptors (Lipinski definition) is 4. The molecule has 0 bridgehead atoms. The van der Waals surface area contributed by atoms with Crippen molar-refractivity contribution in [3.8, 4) is 11.6 Å². The van der Waals surface area contributed by atoms with Gasteiger partial charge in [-0.15, -0.1) is 10.2 Å². The molecule has 0 saturated carbocycles. The summed E-state index contributed by atoms with van der Waals surface area (Å²) >= 11 is 11.7.